The first-order valence-electron chi connectivity index (χ1n) is 8.67. The number of anilines is 2. The molecule has 0 bridgehead atoms. The van der Waals surface area contributed by atoms with Crippen molar-refractivity contribution in [1.82, 2.24) is 0 Å². The number of carbonyl (C=O) groups is 1. The molecule has 3 aromatic rings. The molecule has 5 nitrogen and oxygen atoms in total. The highest BCUT2D eigenvalue weighted by Crippen LogP contribution is 2.28. The second-order valence-electron chi connectivity index (χ2n) is 6.28. The molecule has 0 atom stereocenters. The molecule has 0 aliphatic rings. The summed E-state index contributed by atoms with van der Waals surface area (Å²) in [6, 6.07) is 19.6. The van der Waals surface area contributed by atoms with Crippen molar-refractivity contribution in [1.29, 1.82) is 0 Å². The molecule has 8 heteroatoms. The number of aryl methyl sites for hydroxylation is 1. The van der Waals surface area contributed by atoms with Gasteiger partial charge >= 0.3 is 0 Å². The number of amides is 1. The first-order valence-corrected chi connectivity index (χ1v) is 10.9. The lowest BCUT2D eigenvalue weighted by Gasteiger charge is -2.25. The van der Waals surface area contributed by atoms with Crippen LogP contribution in [0.25, 0.3) is 0 Å². The van der Waals surface area contributed by atoms with Gasteiger partial charge in [0.15, 0.2) is 0 Å². The molecule has 0 unspecified atom stereocenters. The van der Waals surface area contributed by atoms with Gasteiger partial charge in [-0.25, -0.2) is 8.42 Å². The molecule has 0 aliphatic carbocycles. The zero-order chi connectivity index (χ0) is 21.0. The van der Waals surface area contributed by atoms with Crippen LogP contribution in [0.3, 0.4) is 0 Å². The topological polar surface area (TPSA) is 66.5 Å². The van der Waals surface area contributed by atoms with E-state index in [1.807, 2.05) is 0 Å². The smallest absolute Gasteiger partial charge is 0.264 e. The molecule has 0 aliphatic heterocycles. The van der Waals surface area contributed by atoms with Gasteiger partial charge in [-0.05, 0) is 48.9 Å². The minimum atomic E-state index is -3.97. The quantitative estimate of drug-likeness (QED) is 0.567. The first-order chi connectivity index (χ1) is 13.8. The Bertz CT molecular complexity index is 1140. The van der Waals surface area contributed by atoms with E-state index >= 15 is 0 Å². The van der Waals surface area contributed by atoms with Crippen LogP contribution in [0.1, 0.15) is 5.56 Å². The summed E-state index contributed by atoms with van der Waals surface area (Å²) in [6.07, 6.45) is 0. The Balaban J connectivity index is 1.97. The zero-order valence-corrected chi connectivity index (χ0v) is 17.8. The fourth-order valence-electron chi connectivity index (χ4n) is 2.78. The predicted molar refractivity (Wildman–Crippen MR) is 117 cm³/mol. The molecule has 0 radical (unpaired) electrons. The molecule has 0 saturated heterocycles. The molecule has 0 saturated carbocycles. The van der Waals surface area contributed by atoms with Gasteiger partial charge in [0.25, 0.3) is 10.0 Å². The highest BCUT2D eigenvalue weighted by Gasteiger charge is 2.28. The number of carbonyl (C=O) groups excluding carboxylic acids is 1. The largest absolute Gasteiger partial charge is 0.323 e. The SMILES string of the molecule is Cc1ccccc1N(CC(=O)Nc1cc(Cl)ccc1Cl)S(=O)(=O)c1ccccc1. The van der Waals surface area contributed by atoms with E-state index in [0.717, 1.165) is 9.87 Å². The molecule has 0 heterocycles. The van der Waals surface area contributed by atoms with Crippen LogP contribution >= 0.6 is 23.2 Å². The van der Waals surface area contributed by atoms with Gasteiger partial charge in [-0.1, -0.05) is 59.6 Å². The molecule has 0 spiro atoms. The van der Waals surface area contributed by atoms with Gasteiger partial charge in [-0.2, -0.15) is 0 Å². The second-order valence-corrected chi connectivity index (χ2v) is 8.99. The summed E-state index contributed by atoms with van der Waals surface area (Å²) in [5.74, 6) is -0.545. The number of sulfonamides is 1. The second kappa shape index (κ2) is 8.86. The average molecular weight is 449 g/mol. The van der Waals surface area contributed by atoms with E-state index in [2.05, 4.69) is 5.32 Å². The van der Waals surface area contributed by atoms with Crippen molar-refractivity contribution >= 4 is 50.5 Å². The van der Waals surface area contributed by atoms with E-state index in [4.69, 9.17) is 23.2 Å². The van der Waals surface area contributed by atoms with Crippen LogP contribution in [0.4, 0.5) is 11.4 Å². The van der Waals surface area contributed by atoms with Crippen molar-refractivity contribution in [2.75, 3.05) is 16.2 Å². The third-order valence-electron chi connectivity index (χ3n) is 4.21. The summed E-state index contributed by atoms with van der Waals surface area (Å²) in [6.45, 7) is 1.36. The summed E-state index contributed by atoms with van der Waals surface area (Å²) in [4.78, 5) is 12.8. The fraction of sp³-hybridized carbons (Fsp3) is 0.0952. The van der Waals surface area contributed by atoms with Crippen LogP contribution in [-0.2, 0) is 14.8 Å². The molecule has 3 aromatic carbocycles. The monoisotopic (exact) mass is 448 g/mol. The Labute approximate surface area is 179 Å². The Kier molecular flexibility index (Phi) is 6.47. The van der Waals surface area contributed by atoms with E-state index in [0.29, 0.717) is 21.4 Å². The predicted octanol–water partition coefficient (Wildman–Crippen LogP) is 5.14. The Morgan fingerprint density at radius 2 is 1.62 bits per heavy atom. The summed E-state index contributed by atoms with van der Waals surface area (Å²) in [7, 11) is -3.97. The molecule has 0 aromatic heterocycles. The van der Waals surface area contributed by atoms with Crippen molar-refractivity contribution in [3.63, 3.8) is 0 Å². The molecular formula is C21H18Cl2N2O3S. The van der Waals surface area contributed by atoms with Gasteiger partial charge < -0.3 is 5.32 Å². The van der Waals surface area contributed by atoms with E-state index in [1.54, 1.807) is 61.5 Å². The lowest BCUT2D eigenvalue weighted by Crippen LogP contribution is -2.38. The summed E-state index contributed by atoms with van der Waals surface area (Å²) < 4.78 is 27.7. The van der Waals surface area contributed by atoms with Crippen molar-refractivity contribution < 1.29 is 13.2 Å². The number of nitrogens with zero attached hydrogens (tertiary/aromatic N) is 1. The van der Waals surface area contributed by atoms with Crippen LogP contribution in [0.2, 0.25) is 10.0 Å². The number of hydrogen-bond acceptors (Lipinski definition) is 3. The third kappa shape index (κ3) is 4.90. The van der Waals surface area contributed by atoms with Crippen molar-refractivity contribution in [3.05, 3.63) is 88.4 Å². The fourth-order valence-corrected chi connectivity index (χ4v) is 4.62. The van der Waals surface area contributed by atoms with Crippen molar-refractivity contribution in [2.45, 2.75) is 11.8 Å². The van der Waals surface area contributed by atoms with Gasteiger partial charge in [-0.3, -0.25) is 9.10 Å². The van der Waals surface area contributed by atoms with Crippen LogP contribution < -0.4 is 9.62 Å². The number of benzene rings is 3. The number of nitrogens with one attached hydrogen (secondary N) is 1. The summed E-state index contributed by atoms with van der Waals surface area (Å²) in [5, 5.41) is 3.34. The normalized spacial score (nSPS) is 11.1. The van der Waals surface area contributed by atoms with Crippen LogP contribution in [0.5, 0.6) is 0 Å². The lowest BCUT2D eigenvalue weighted by atomic mass is 10.2. The van der Waals surface area contributed by atoms with Crippen LogP contribution in [0.15, 0.2) is 77.7 Å². The van der Waals surface area contributed by atoms with E-state index in [9.17, 15) is 13.2 Å². The highest BCUT2D eigenvalue weighted by molar-refractivity contribution is 7.92. The molecular weight excluding hydrogens is 431 g/mol. The van der Waals surface area contributed by atoms with Gasteiger partial charge in [-0.15, -0.1) is 0 Å². The Morgan fingerprint density at radius 1 is 0.966 bits per heavy atom. The van der Waals surface area contributed by atoms with Crippen LogP contribution in [-0.4, -0.2) is 20.9 Å². The average Bonchev–Trinajstić information content (AvgIpc) is 2.70. The molecule has 3 rings (SSSR count). The minimum absolute atomic E-state index is 0.0943. The van der Waals surface area contributed by atoms with Gasteiger partial charge in [0, 0.05) is 5.02 Å². The maximum atomic E-state index is 13.3. The van der Waals surface area contributed by atoms with E-state index in [-0.39, 0.29) is 4.90 Å². The molecule has 29 heavy (non-hydrogen) atoms. The molecule has 0 fully saturated rings. The first kappa shape index (κ1) is 21.2. The van der Waals surface area contributed by atoms with E-state index < -0.39 is 22.5 Å². The number of para-hydroxylation sites is 1. The van der Waals surface area contributed by atoms with E-state index in [1.165, 1.54) is 18.2 Å². The molecule has 1 amide bonds. The number of rotatable bonds is 6. The maximum absolute atomic E-state index is 13.3. The lowest BCUT2D eigenvalue weighted by molar-refractivity contribution is -0.114. The zero-order valence-electron chi connectivity index (χ0n) is 15.5. The van der Waals surface area contributed by atoms with Gasteiger partial charge in [0.2, 0.25) is 5.91 Å². The minimum Gasteiger partial charge on any atom is -0.323 e. The van der Waals surface area contributed by atoms with Crippen LogP contribution in [0, 0.1) is 6.92 Å². The van der Waals surface area contributed by atoms with Crippen molar-refractivity contribution in [3.8, 4) is 0 Å². The number of halogens is 2. The molecule has 1 N–H and O–H groups in total. The standard InChI is InChI=1S/C21H18Cl2N2O3S/c1-15-7-5-6-10-20(15)25(29(27,28)17-8-3-2-4-9-17)14-21(26)24-19-13-16(22)11-12-18(19)23/h2-13H,14H2,1H3,(H,24,26). The van der Waals surface area contributed by atoms with Crippen molar-refractivity contribution in [2.24, 2.45) is 0 Å². The van der Waals surface area contributed by atoms with Gasteiger partial charge in [0.1, 0.15) is 6.54 Å². The number of hydrogen-bond donors (Lipinski definition) is 1. The highest BCUT2D eigenvalue weighted by atomic mass is 35.5. The summed E-state index contributed by atoms with van der Waals surface area (Å²) in [5.41, 5.74) is 1.45. The van der Waals surface area contributed by atoms with Gasteiger partial charge in [0.05, 0.1) is 21.3 Å². The summed E-state index contributed by atoms with van der Waals surface area (Å²) >= 11 is 12.1. The maximum Gasteiger partial charge on any atom is 0.264 e. The Hall–Kier alpha value is -2.54. The third-order valence-corrected chi connectivity index (χ3v) is 6.54. The molecule has 150 valence electrons. The Morgan fingerprint density at radius 3 is 2.31 bits per heavy atom.